The van der Waals surface area contributed by atoms with Crippen LogP contribution in [0.3, 0.4) is 0 Å². The van der Waals surface area contributed by atoms with Crippen LogP contribution in [0, 0.1) is 5.38 Å². The minimum atomic E-state index is 0.612. The van der Waals surface area contributed by atoms with Crippen molar-refractivity contribution in [3.05, 3.63) is 35.2 Å². The Bertz CT molecular complexity index is 385. The molecule has 0 saturated carbocycles. The summed E-state index contributed by atoms with van der Waals surface area (Å²) >= 11 is 1.72. The Kier molecular flexibility index (Phi) is 1.89. The topological polar surface area (TPSA) is 0 Å². The summed E-state index contributed by atoms with van der Waals surface area (Å²) in [6.45, 7) is 4.46. The molecular weight excluding hydrogens is 164 g/mol. The smallest absolute Gasteiger partial charge is 0.0455 e. The van der Waals surface area contributed by atoms with Crippen LogP contribution in [0.4, 0.5) is 0 Å². The molecule has 12 heavy (non-hydrogen) atoms. The first-order valence-electron chi connectivity index (χ1n) is 4.17. The number of hydrogen-bond donors (Lipinski definition) is 0. The second-order valence-electron chi connectivity index (χ2n) is 3.28. The van der Waals surface area contributed by atoms with E-state index in [4.69, 9.17) is 0 Å². The van der Waals surface area contributed by atoms with Crippen LogP contribution in [0.5, 0.6) is 0 Å². The van der Waals surface area contributed by atoms with Crippen molar-refractivity contribution in [2.75, 3.05) is 0 Å². The molecule has 1 heterocycles. The van der Waals surface area contributed by atoms with Crippen LogP contribution < -0.4 is 0 Å². The van der Waals surface area contributed by atoms with Gasteiger partial charge in [0, 0.05) is 10.1 Å². The molecule has 61 valence electrons. The summed E-state index contributed by atoms with van der Waals surface area (Å²) in [7, 11) is 0. The Morgan fingerprint density at radius 3 is 2.92 bits per heavy atom. The van der Waals surface area contributed by atoms with Gasteiger partial charge in [0.05, 0.1) is 0 Å². The van der Waals surface area contributed by atoms with Crippen molar-refractivity contribution in [3.63, 3.8) is 0 Å². The van der Waals surface area contributed by atoms with Crippen molar-refractivity contribution in [2.45, 2.75) is 19.8 Å². The number of benzene rings is 1. The third-order valence-electron chi connectivity index (χ3n) is 2.07. The van der Waals surface area contributed by atoms with E-state index in [0.29, 0.717) is 5.92 Å². The molecule has 0 fully saturated rings. The quantitative estimate of drug-likeness (QED) is 0.618. The van der Waals surface area contributed by atoms with E-state index in [2.05, 4.69) is 43.5 Å². The van der Waals surface area contributed by atoms with E-state index >= 15 is 0 Å². The monoisotopic (exact) mass is 175 g/mol. The van der Waals surface area contributed by atoms with Gasteiger partial charge in [0.15, 0.2) is 0 Å². The standard InChI is InChI=1S/C11H11S/c1-8(2)10-5-3-4-9-6-7-12-11(9)10/h3-6,8H,1-2H3. The average Bonchev–Trinajstić information content (AvgIpc) is 2.49. The molecule has 1 aromatic heterocycles. The Morgan fingerprint density at radius 2 is 2.17 bits per heavy atom. The Labute approximate surface area is 76.8 Å². The molecule has 0 spiro atoms. The Balaban J connectivity index is 2.73. The number of hydrogen-bond acceptors (Lipinski definition) is 1. The molecule has 2 aromatic rings. The minimum absolute atomic E-state index is 0.612. The molecule has 0 amide bonds. The van der Waals surface area contributed by atoms with E-state index in [9.17, 15) is 0 Å². The van der Waals surface area contributed by atoms with Crippen molar-refractivity contribution in [3.8, 4) is 0 Å². The van der Waals surface area contributed by atoms with Gasteiger partial charge in [0.1, 0.15) is 0 Å². The summed E-state index contributed by atoms with van der Waals surface area (Å²) in [4.78, 5) is 0. The van der Waals surface area contributed by atoms with Gasteiger partial charge in [-0.2, -0.15) is 0 Å². The van der Waals surface area contributed by atoms with E-state index in [1.165, 1.54) is 15.6 Å². The summed E-state index contributed by atoms with van der Waals surface area (Å²) in [6, 6.07) is 8.54. The molecule has 0 aliphatic rings. The Hall–Kier alpha value is -0.820. The molecule has 1 aromatic carbocycles. The first-order valence-corrected chi connectivity index (χ1v) is 4.99. The maximum absolute atomic E-state index is 3.17. The van der Waals surface area contributed by atoms with Crippen LogP contribution in [0.2, 0.25) is 0 Å². The van der Waals surface area contributed by atoms with Gasteiger partial charge in [-0.05, 0) is 22.9 Å². The fraction of sp³-hybridized carbons (Fsp3) is 0.273. The third kappa shape index (κ3) is 1.14. The highest BCUT2D eigenvalue weighted by Crippen LogP contribution is 2.28. The van der Waals surface area contributed by atoms with E-state index < -0.39 is 0 Å². The molecule has 0 saturated heterocycles. The SMILES string of the molecule is CC(C)c1cccc2c[c]sc12. The molecule has 1 radical (unpaired) electrons. The van der Waals surface area contributed by atoms with Crippen LogP contribution in [0.15, 0.2) is 24.3 Å². The van der Waals surface area contributed by atoms with Crippen LogP contribution in [-0.4, -0.2) is 0 Å². The van der Waals surface area contributed by atoms with Gasteiger partial charge in [0.2, 0.25) is 0 Å². The molecule has 2 rings (SSSR count). The lowest BCUT2D eigenvalue weighted by Gasteiger charge is -2.05. The first-order chi connectivity index (χ1) is 5.79. The number of fused-ring (bicyclic) bond motifs is 1. The van der Waals surface area contributed by atoms with Gasteiger partial charge in [-0.3, -0.25) is 0 Å². The van der Waals surface area contributed by atoms with Gasteiger partial charge in [-0.25, -0.2) is 0 Å². The fourth-order valence-corrected chi connectivity index (χ4v) is 2.38. The summed E-state index contributed by atoms with van der Waals surface area (Å²) in [6.07, 6.45) is 0. The molecule has 1 heteroatoms. The average molecular weight is 175 g/mol. The fourth-order valence-electron chi connectivity index (χ4n) is 1.41. The summed E-state index contributed by atoms with van der Waals surface area (Å²) in [5.41, 5.74) is 1.44. The van der Waals surface area contributed by atoms with Gasteiger partial charge in [0.25, 0.3) is 0 Å². The van der Waals surface area contributed by atoms with Crippen LogP contribution in [-0.2, 0) is 0 Å². The maximum atomic E-state index is 3.17. The van der Waals surface area contributed by atoms with E-state index in [-0.39, 0.29) is 0 Å². The highest BCUT2D eigenvalue weighted by atomic mass is 32.1. The Morgan fingerprint density at radius 1 is 1.33 bits per heavy atom. The summed E-state index contributed by atoms with van der Waals surface area (Å²) in [5, 5.41) is 4.50. The van der Waals surface area contributed by atoms with E-state index in [0.717, 1.165) is 0 Å². The van der Waals surface area contributed by atoms with Gasteiger partial charge < -0.3 is 0 Å². The second-order valence-corrected chi connectivity index (χ2v) is 4.13. The molecule has 0 N–H and O–H groups in total. The zero-order valence-electron chi connectivity index (χ0n) is 7.29. The van der Waals surface area contributed by atoms with Crippen molar-refractivity contribution >= 4 is 21.4 Å². The molecule has 0 atom stereocenters. The normalized spacial score (nSPS) is 11.2. The van der Waals surface area contributed by atoms with Crippen LogP contribution >= 0.6 is 11.3 Å². The number of thiophene rings is 1. The summed E-state index contributed by atoms with van der Waals surface area (Å²) in [5.74, 6) is 0.612. The maximum Gasteiger partial charge on any atom is 0.0455 e. The second kappa shape index (κ2) is 2.91. The predicted octanol–water partition coefficient (Wildman–Crippen LogP) is 3.82. The molecule has 0 bridgehead atoms. The van der Waals surface area contributed by atoms with E-state index in [1.54, 1.807) is 11.3 Å². The van der Waals surface area contributed by atoms with Crippen LogP contribution in [0.25, 0.3) is 10.1 Å². The third-order valence-corrected chi connectivity index (χ3v) is 2.98. The van der Waals surface area contributed by atoms with Crippen LogP contribution in [0.1, 0.15) is 25.3 Å². The molecular formula is C11H11S. The minimum Gasteiger partial charge on any atom is -0.134 e. The van der Waals surface area contributed by atoms with Crippen molar-refractivity contribution < 1.29 is 0 Å². The molecule has 0 unspecified atom stereocenters. The lowest BCUT2D eigenvalue weighted by molar-refractivity contribution is 0.878. The first kappa shape index (κ1) is 7.81. The van der Waals surface area contributed by atoms with Crippen molar-refractivity contribution in [1.29, 1.82) is 0 Å². The zero-order valence-corrected chi connectivity index (χ0v) is 8.11. The molecule has 0 aliphatic carbocycles. The predicted molar refractivity (Wildman–Crippen MR) is 54.8 cm³/mol. The molecule has 0 nitrogen and oxygen atoms in total. The zero-order chi connectivity index (χ0) is 8.55. The van der Waals surface area contributed by atoms with E-state index in [1.807, 2.05) is 0 Å². The summed E-state index contributed by atoms with van der Waals surface area (Å²) < 4.78 is 1.40. The lowest BCUT2D eigenvalue weighted by Crippen LogP contribution is -1.85. The van der Waals surface area contributed by atoms with Gasteiger partial charge >= 0.3 is 0 Å². The van der Waals surface area contributed by atoms with Gasteiger partial charge in [-0.1, -0.05) is 32.0 Å². The van der Waals surface area contributed by atoms with Crippen molar-refractivity contribution in [1.82, 2.24) is 0 Å². The van der Waals surface area contributed by atoms with Gasteiger partial charge in [-0.15, -0.1) is 11.3 Å². The number of rotatable bonds is 1. The largest absolute Gasteiger partial charge is 0.134 e. The van der Waals surface area contributed by atoms with Crippen molar-refractivity contribution in [2.24, 2.45) is 0 Å². The lowest BCUT2D eigenvalue weighted by atomic mass is 10.0. The molecule has 0 aliphatic heterocycles. The highest BCUT2D eigenvalue weighted by molar-refractivity contribution is 7.16. The highest BCUT2D eigenvalue weighted by Gasteiger charge is 2.04.